The van der Waals surface area contributed by atoms with Crippen LogP contribution >= 0.6 is 0 Å². The third kappa shape index (κ3) is 13.6. The number of carbonyl (C=O) groups is 2. The summed E-state index contributed by atoms with van der Waals surface area (Å²) in [6.45, 7) is 18.4. The van der Waals surface area contributed by atoms with Crippen molar-refractivity contribution in [1.29, 1.82) is 0 Å². The minimum atomic E-state index is -0.513. The number of rotatable bonds is 7. The van der Waals surface area contributed by atoms with Gasteiger partial charge in [0, 0.05) is 26.1 Å². The van der Waals surface area contributed by atoms with Crippen LogP contribution in [-0.4, -0.2) is 54.8 Å². The number of ether oxygens (including phenoxy) is 1. The summed E-state index contributed by atoms with van der Waals surface area (Å²) in [5.74, 6) is -0.230. The van der Waals surface area contributed by atoms with Gasteiger partial charge in [-0.1, -0.05) is 34.6 Å². The number of amides is 2. The standard InChI is InChI=1S/C15H30N2O4.2C2H6/c1-8-12(13(18)16(6)20-7)10-11-17(9-2)14(19)21-15(3,4)5;2*1-2/h12H,8-11H2,1-7H3;2*1-2H3. The average Bonchev–Trinajstić information content (AvgIpc) is 2.59. The van der Waals surface area contributed by atoms with Crippen LogP contribution in [0.2, 0.25) is 0 Å². The van der Waals surface area contributed by atoms with Crippen molar-refractivity contribution in [1.82, 2.24) is 9.96 Å². The van der Waals surface area contributed by atoms with Crippen molar-refractivity contribution in [3.63, 3.8) is 0 Å². The number of hydrogen-bond acceptors (Lipinski definition) is 4. The second-order valence-electron chi connectivity index (χ2n) is 5.97. The molecule has 0 saturated heterocycles. The minimum absolute atomic E-state index is 0.0692. The largest absolute Gasteiger partial charge is 0.444 e. The van der Waals surface area contributed by atoms with Crippen molar-refractivity contribution < 1.29 is 19.2 Å². The fourth-order valence-corrected chi connectivity index (χ4v) is 1.87. The zero-order chi connectivity index (χ0) is 20.6. The maximum absolute atomic E-state index is 12.1. The van der Waals surface area contributed by atoms with Crippen molar-refractivity contribution in [2.24, 2.45) is 5.92 Å². The molecule has 1 unspecified atom stereocenters. The Kier molecular flexibility index (Phi) is 18.5. The van der Waals surface area contributed by atoms with Crippen LogP contribution in [0.4, 0.5) is 4.79 Å². The monoisotopic (exact) mass is 362 g/mol. The van der Waals surface area contributed by atoms with Gasteiger partial charge in [-0.3, -0.25) is 9.63 Å². The van der Waals surface area contributed by atoms with Gasteiger partial charge in [-0.25, -0.2) is 9.86 Å². The Morgan fingerprint density at radius 1 is 1.04 bits per heavy atom. The Bertz CT molecular complexity index is 341. The van der Waals surface area contributed by atoms with E-state index in [1.54, 1.807) is 11.9 Å². The van der Waals surface area contributed by atoms with Crippen LogP contribution < -0.4 is 0 Å². The predicted octanol–water partition coefficient (Wildman–Crippen LogP) is 4.73. The maximum atomic E-state index is 12.1. The van der Waals surface area contributed by atoms with Crippen molar-refractivity contribution in [3.05, 3.63) is 0 Å². The lowest BCUT2D eigenvalue weighted by Crippen LogP contribution is -2.39. The molecule has 0 aliphatic rings. The van der Waals surface area contributed by atoms with E-state index in [4.69, 9.17) is 9.57 Å². The first kappa shape index (κ1) is 28.5. The van der Waals surface area contributed by atoms with Gasteiger partial charge in [-0.05, 0) is 40.5 Å². The Hall–Kier alpha value is -1.30. The van der Waals surface area contributed by atoms with Crippen LogP contribution in [0.25, 0.3) is 0 Å². The Morgan fingerprint density at radius 3 is 1.84 bits per heavy atom. The van der Waals surface area contributed by atoms with E-state index in [0.29, 0.717) is 25.9 Å². The molecule has 0 radical (unpaired) electrons. The predicted molar refractivity (Wildman–Crippen MR) is 104 cm³/mol. The van der Waals surface area contributed by atoms with Crippen molar-refractivity contribution >= 4 is 12.0 Å². The molecule has 0 aliphatic carbocycles. The smallest absolute Gasteiger partial charge is 0.410 e. The lowest BCUT2D eigenvalue weighted by molar-refractivity contribution is -0.173. The molecule has 152 valence electrons. The second-order valence-corrected chi connectivity index (χ2v) is 5.97. The molecule has 25 heavy (non-hydrogen) atoms. The average molecular weight is 363 g/mol. The van der Waals surface area contributed by atoms with E-state index >= 15 is 0 Å². The highest BCUT2D eigenvalue weighted by molar-refractivity contribution is 5.77. The molecule has 0 aromatic carbocycles. The number of hydrogen-bond donors (Lipinski definition) is 0. The summed E-state index contributed by atoms with van der Waals surface area (Å²) >= 11 is 0. The van der Waals surface area contributed by atoms with Crippen LogP contribution in [0.3, 0.4) is 0 Å². The molecular formula is C19H42N2O4. The lowest BCUT2D eigenvalue weighted by atomic mass is 10.0. The van der Waals surface area contributed by atoms with E-state index in [0.717, 1.165) is 0 Å². The first-order chi connectivity index (χ1) is 11.7. The molecule has 0 aliphatic heterocycles. The number of carbonyl (C=O) groups excluding carboxylic acids is 2. The van der Waals surface area contributed by atoms with E-state index in [1.165, 1.54) is 12.2 Å². The Labute approximate surface area is 155 Å². The van der Waals surface area contributed by atoms with Crippen LogP contribution in [0, 0.1) is 5.92 Å². The molecule has 6 nitrogen and oxygen atoms in total. The zero-order valence-electron chi connectivity index (χ0n) is 18.4. The van der Waals surface area contributed by atoms with Gasteiger partial charge in [0.1, 0.15) is 5.60 Å². The van der Waals surface area contributed by atoms with Gasteiger partial charge in [0.25, 0.3) is 0 Å². The van der Waals surface area contributed by atoms with Gasteiger partial charge in [0.2, 0.25) is 5.91 Å². The second kappa shape index (κ2) is 16.2. The fourth-order valence-electron chi connectivity index (χ4n) is 1.87. The molecule has 1 atom stereocenters. The van der Waals surface area contributed by atoms with Crippen molar-refractivity contribution in [2.75, 3.05) is 27.2 Å². The van der Waals surface area contributed by atoms with Crippen LogP contribution in [-0.2, 0) is 14.4 Å². The molecule has 0 saturated carbocycles. The van der Waals surface area contributed by atoms with Crippen molar-refractivity contribution in [3.8, 4) is 0 Å². The van der Waals surface area contributed by atoms with Crippen LogP contribution in [0.5, 0.6) is 0 Å². The quantitative estimate of drug-likeness (QED) is 0.614. The first-order valence-electron chi connectivity index (χ1n) is 9.45. The highest BCUT2D eigenvalue weighted by atomic mass is 16.7. The molecule has 0 fully saturated rings. The topological polar surface area (TPSA) is 59.1 Å². The maximum Gasteiger partial charge on any atom is 0.410 e. The summed E-state index contributed by atoms with van der Waals surface area (Å²) in [6, 6.07) is 0. The van der Waals surface area contributed by atoms with Gasteiger partial charge in [0.05, 0.1) is 7.11 Å². The van der Waals surface area contributed by atoms with E-state index in [1.807, 2.05) is 62.3 Å². The van der Waals surface area contributed by atoms with Crippen molar-refractivity contribution in [2.45, 2.75) is 80.8 Å². The van der Waals surface area contributed by atoms with Gasteiger partial charge in [-0.15, -0.1) is 0 Å². The summed E-state index contributed by atoms with van der Waals surface area (Å²) in [4.78, 5) is 30.6. The Morgan fingerprint density at radius 2 is 1.52 bits per heavy atom. The molecule has 2 amide bonds. The fraction of sp³-hybridized carbons (Fsp3) is 0.895. The van der Waals surface area contributed by atoms with Crippen LogP contribution in [0.15, 0.2) is 0 Å². The highest BCUT2D eigenvalue weighted by Crippen LogP contribution is 2.15. The minimum Gasteiger partial charge on any atom is -0.444 e. The molecule has 0 rings (SSSR count). The molecule has 0 aromatic heterocycles. The van der Waals surface area contributed by atoms with Crippen LogP contribution in [0.1, 0.15) is 75.2 Å². The summed E-state index contributed by atoms with van der Waals surface area (Å²) in [5.41, 5.74) is -0.513. The summed E-state index contributed by atoms with van der Waals surface area (Å²) in [6.07, 6.45) is 0.960. The number of nitrogens with zero attached hydrogens (tertiary/aromatic N) is 2. The summed E-state index contributed by atoms with van der Waals surface area (Å²) in [5, 5.41) is 1.23. The third-order valence-electron chi connectivity index (χ3n) is 3.21. The molecule has 6 heteroatoms. The van der Waals surface area contributed by atoms with Gasteiger partial charge >= 0.3 is 6.09 Å². The molecule has 0 spiro atoms. The van der Waals surface area contributed by atoms with E-state index in [2.05, 4.69) is 0 Å². The lowest BCUT2D eigenvalue weighted by Gasteiger charge is -2.28. The molecule has 0 N–H and O–H groups in total. The van der Waals surface area contributed by atoms with Gasteiger partial charge in [0.15, 0.2) is 0 Å². The zero-order valence-corrected chi connectivity index (χ0v) is 18.4. The third-order valence-corrected chi connectivity index (χ3v) is 3.21. The van der Waals surface area contributed by atoms with E-state index < -0.39 is 5.60 Å². The molecule has 0 heterocycles. The summed E-state index contributed by atoms with van der Waals surface area (Å²) in [7, 11) is 3.06. The molecule has 0 aromatic rings. The van der Waals surface area contributed by atoms with Gasteiger partial charge < -0.3 is 9.64 Å². The van der Waals surface area contributed by atoms with E-state index in [-0.39, 0.29) is 17.9 Å². The normalized spacial score (nSPS) is 11.2. The SMILES string of the molecule is CC.CC.CCC(CCN(CC)C(=O)OC(C)(C)C)C(=O)N(C)OC. The van der Waals surface area contributed by atoms with Gasteiger partial charge in [-0.2, -0.15) is 0 Å². The highest BCUT2D eigenvalue weighted by Gasteiger charge is 2.25. The van der Waals surface area contributed by atoms with E-state index in [9.17, 15) is 9.59 Å². The first-order valence-corrected chi connectivity index (χ1v) is 9.45. The molecule has 0 bridgehead atoms. The number of hydroxylamine groups is 2. The Balaban J connectivity index is -0.00000112. The molecular weight excluding hydrogens is 320 g/mol. The summed E-state index contributed by atoms with van der Waals surface area (Å²) < 4.78 is 5.35.